The van der Waals surface area contributed by atoms with Gasteiger partial charge in [-0.25, -0.2) is 0 Å². The molecule has 2 saturated heterocycles. The van der Waals surface area contributed by atoms with E-state index in [2.05, 4.69) is 243 Å². The number of thiocarbonyl (C=S) groups is 2. The van der Waals surface area contributed by atoms with Gasteiger partial charge in [-0.2, -0.15) is 0 Å². The zero-order valence-corrected chi connectivity index (χ0v) is 102. The maximum Gasteiger partial charge on any atom is 0.266 e. The van der Waals surface area contributed by atoms with E-state index in [1.54, 1.807) is 19.6 Å². The number of nitrogens with zero attached hydrogens (tertiary/aromatic N) is 2. The number of aryl methyl sites for hydroxylation is 4. The highest BCUT2D eigenvalue weighted by molar-refractivity contribution is 8.27. The summed E-state index contributed by atoms with van der Waals surface area (Å²) in [6.07, 6.45) is 75.7. The summed E-state index contributed by atoms with van der Waals surface area (Å²) in [5.74, 6) is 1.59. The lowest BCUT2D eigenvalue weighted by molar-refractivity contribution is -0.122. The van der Waals surface area contributed by atoms with Crippen molar-refractivity contribution in [3.05, 3.63) is 157 Å². The number of thioether (sulfide) groups is 2. The zero-order valence-electron chi connectivity index (χ0n) is 88.6. The third-order valence-electron chi connectivity index (χ3n) is 29.8. The van der Waals surface area contributed by atoms with Crippen LogP contribution in [-0.4, -0.2) is 43.3 Å². The van der Waals surface area contributed by atoms with Crippen LogP contribution >= 0.6 is 184 Å². The fraction of sp³-hybridized carbons (Fsp3) is 0.565. The molecule has 144 heavy (non-hydrogen) atoms. The average Bonchev–Trinajstić information content (AvgIpc) is 1.57. The Morgan fingerprint density at radius 1 is 0.271 bits per heavy atom. The summed E-state index contributed by atoms with van der Waals surface area (Å²) >= 11 is 39.0. The number of hydrogen-bond acceptors (Lipinski definition) is 18. The van der Waals surface area contributed by atoms with E-state index in [4.69, 9.17) is 24.4 Å². The number of carbonyl (C=O) groups is 2. The normalized spacial score (nSPS) is 14.3. The van der Waals surface area contributed by atoms with E-state index in [9.17, 15) is 9.59 Å². The van der Waals surface area contributed by atoms with Crippen molar-refractivity contribution in [1.82, 2.24) is 9.80 Å². The number of amides is 2. The van der Waals surface area contributed by atoms with Crippen molar-refractivity contribution >= 4 is 256 Å². The Bertz CT molecular complexity index is 5770. The van der Waals surface area contributed by atoms with E-state index >= 15 is 0 Å². The molecule has 2 atom stereocenters. The van der Waals surface area contributed by atoms with Crippen molar-refractivity contribution in [3.8, 4) is 58.5 Å². The average molecular weight is 2230 g/mol. The molecule has 14 heterocycles. The number of unbranched alkanes of at least 4 members (excludes halogenated alkanes) is 36. The molecule has 2 aliphatic rings. The highest BCUT2D eigenvalue weighted by Gasteiger charge is 2.35. The van der Waals surface area contributed by atoms with Crippen molar-refractivity contribution in [2.45, 2.75) is 429 Å². The lowest BCUT2D eigenvalue weighted by Gasteiger charge is -2.16. The first-order chi connectivity index (χ1) is 70.6. The van der Waals surface area contributed by atoms with Crippen molar-refractivity contribution in [2.24, 2.45) is 11.8 Å². The Kier molecular flexibility index (Phi) is 47.5. The summed E-state index contributed by atoms with van der Waals surface area (Å²) in [5.41, 5.74) is 8.86. The van der Waals surface area contributed by atoms with Crippen LogP contribution in [0.4, 0.5) is 0 Å². The van der Waals surface area contributed by atoms with Crippen molar-refractivity contribution < 1.29 is 9.59 Å². The van der Waals surface area contributed by atoms with Gasteiger partial charge in [-0.1, -0.05) is 386 Å². The predicted molar refractivity (Wildman–Crippen MR) is 669 cm³/mol. The quantitative estimate of drug-likeness (QED) is 0.0215. The predicted octanol–water partition coefficient (Wildman–Crippen LogP) is 46.0. The molecule has 778 valence electrons. The molecule has 12 aromatic heterocycles. The van der Waals surface area contributed by atoms with Crippen LogP contribution in [0, 0.1) is 11.8 Å². The van der Waals surface area contributed by atoms with E-state index < -0.39 is 0 Å². The van der Waals surface area contributed by atoms with E-state index in [-0.39, 0.29) is 11.8 Å². The molecule has 0 saturated carbocycles. The summed E-state index contributed by atoms with van der Waals surface area (Å²) in [7, 11) is 0. The summed E-state index contributed by atoms with van der Waals surface area (Å²) in [4.78, 5) is 57.8. The van der Waals surface area contributed by atoms with Gasteiger partial charge in [0.15, 0.2) is 0 Å². The van der Waals surface area contributed by atoms with Gasteiger partial charge in [-0.05, 0) is 231 Å². The van der Waals surface area contributed by atoms with Gasteiger partial charge in [0.25, 0.3) is 11.8 Å². The second-order valence-electron chi connectivity index (χ2n) is 41.5. The maximum atomic E-state index is 13.8. The fourth-order valence-electron chi connectivity index (χ4n) is 21.6. The van der Waals surface area contributed by atoms with Crippen LogP contribution in [0.15, 0.2) is 94.7 Å². The van der Waals surface area contributed by atoms with Crippen molar-refractivity contribution in [3.63, 3.8) is 0 Å². The molecule has 0 aliphatic carbocycles. The standard InChI is InChI=1S/C124H164N2O2S16/c1-11-21-29-37-43-51-59-85(57-49-35-27-17-7)69-91-77-107-109(131-91)79-95(133-107)75-97-99-83-111(105-73-89(63-55-47-41-33-25-15-5)117(139-105)103-67-65-101(137-103)115-87(61-53-45-39-31-23-13-3)71-93(135-115)81-113-121(127)125(19-9)123(129)143-113)142-120(99)98(76-96-80-110-108(134-96)78-92(132-110)70-86(58-50-36-28-18-8)60-52-44-38-30-22-12-2)100-84-112(141-119(97)100)106-74-90(64-56-48-42-34-26-16-6)118(140-106)104-68-66-102(138-104)116-88(62-54-46-40-32-24-14-4)72-94(136-116)82-114-122(128)126(20-10)124(130)144-114/h65-68,71-74,77-86H,11-64,69-70,75-76H2,1-10H3/b113-81-,114-82-. The van der Waals surface area contributed by atoms with Gasteiger partial charge in [0.2, 0.25) is 0 Å². The largest absolute Gasteiger partial charge is 0.293 e. The number of likely N-dealkylation sites (N-methyl/N-ethyl adjacent to an activating group) is 2. The number of benzene rings is 1. The second kappa shape index (κ2) is 60.0. The Hall–Kier alpha value is -4.04. The molecule has 13 aromatic rings. The van der Waals surface area contributed by atoms with Crippen LogP contribution in [0.2, 0.25) is 0 Å². The first kappa shape index (κ1) is 114. The van der Waals surface area contributed by atoms with Crippen LogP contribution < -0.4 is 0 Å². The van der Waals surface area contributed by atoms with Crippen molar-refractivity contribution in [1.29, 1.82) is 0 Å². The number of hydrogen-bond donors (Lipinski definition) is 0. The van der Waals surface area contributed by atoms with E-state index in [1.165, 1.54) is 485 Å². The monoisotopic (exact) mass is 2220 g/mol. The van der Waals surface area contributed by atoms with E-state index in [0.29, 0.717) is 21.7 Å². The molecule has 2 fully saturated rings. The molecule has 0 bridgehead atoms. The molecule has 2 unspecified atom stereocenters. The molecule has 0 N–H and O–H groups in total. The van der Waals surface area contributed by atoms with E-state index in [1.807, 2.05) is 59.2 Å². The fourth-order valence-corrected chi connectivity index (χ4v) is 39.6. The minimum absolute atomic E-state index is 0.0364. The molecule has 2 aliphatic heterocycles. The molecule has 4 nitrogen and oxygen atoms in total. The number of rotatable bonds is 70. The Morgan fingerprint density at radius 2 is 0.535 bits per heavy atom. The zero-order chi connectivity index (χ0) is 100. The van der Waals surface area contributed by atoms with Crippen LogP contribution in [0.1, 0.15) is 440 Å². The second-order valence-corrected chi connectivity index (χ2v) is 58.0. The summed E-state index contributed by atoms with van der Waals surface area (Å²) < 4.78 is 10.2. The Morgan fingerprint density at radius 3 is 0.840 bits per heavy atom. The summed E-state index contributed by atoms with van der Waals surface area (Å²) in [6.45, 7) is 24.0. The summed E-state index contributed by atoms with van der Waals surface area (Å²) in [5, 5.41) is 2.92. The third kappa shape index (κ3) is 31.6. The lowest BCUT2D eigenvalue weighted by Crippen LogP contribution is -2.27. The highest BCUT2D eigenvalue weighted by atomic mass is 32.2. The van der Waals surface area contributed by atoms with Gasteiger partial charge in [-0.15, -0.1) is 136 Å². The first-order valence-electron chi connectivity index (χ1n) is 56.9. The van der Waals surface area contributed by atoms with Crippen LogP contribution in [0.3, 0.4) is 0 Å². The molecule has 1 aromatic carbocycles. The SMILES string of the molecule is CCCCCCCCc1cc(/C=C2\SC(=S)N(CC)C2=O)sc1-c1ccc(-c2sc(-c3cc4c(Cc5cc6sc(CC(CCCCCC)CCCCCCCC)cc6s5)c5sc(-c6cc(CCCCCCCC)c(-c7ccc(-c8sc(/C=C9\SC(=S)N(CC)C9=O)cc8CCCCCCCC)s7)s6)cc5c(Cc5cc6sc(CC(CCCCCC)CCCCCCCC)cc6s5)c4s3)cc2CCCCCCCC)s1. The lowest BCUT2D eigenvalue weighted by atomic mass is 9.91. The minimum atomic E-state index is 0.0364. The maximum absolute atomic E-state index is 13.8. The van der Waals surface area contributed by atoms with Gasteiger partial charge in [-0.3, -0.25) is 19.4 Å². The van der Waals surface area contributed by atoms with Crippen LogP contribution in [0.5, 0.6) is 0 Å². The van der Waals surface area contributed by atoms with Crippen LogP contribution in [0.25, 0.3) is 110 Å². The Balaban J connectivity index is 0.869. The van der Waals surface area contributed by atoms with Gasteiger partial charge < -0.3 is 0 Å². The number of thiophene rings is 12. The number of fused-ring (bicyclic) bond motifs is 4. The third-order valence-corrected chi connectivity index (χ3v) is 47.5. The molecule has 15 rings (SSSR count). The molecular formula is C124H164N2O2S16. The molecule has 0 radical (unpaired) electrons. The molecular weight excluding hydrogens is 2060 g/mol. The van der Waals surface area contributed by atoms with Gasteiger partial charge >= 0.3 is 0 Å². The van der Waals surface area contributed by atoms with Crippen molar-refractivity contribution in [2.75, 3.05) is 13.1 Å². The molecule has 20 heteroatoms. The van der Waals surface area contributed by atoms with Gasteiger partial charge in [0.05, 0.1) is 9.81 Å². The van der Waals surface area contributed by atoms with Gasteiger partial charge in [0, 0.05) is 142 Å². The van der Waals surface area contributed by atoms with E-state index in [0.717, 1.165) is 69.9 Å². The number of carbonyl (C=O) groups excluding carboxylic acids is 2. The van der Waals surface area contributed by atoms with Crippen LogP contribution in [-0.2, 0) is 61.0 Å². The summed E-state index contributed by atoms with van der Waals surface area (Å²) in [6, 6.07) is 36.1. The highest BCUT2D eigenvalue weighted by Crippen LogP contribution is 2.56. The molecule has 0 spiro atoms. The minimum Gasteiger partial charge on any atom is -0.293 e. The smallest absolute Gasteiger partial charge is 0.266 e. The topological polar surface area (TPSA) is 40.6 Å². The van der Waals surface area contributed by atoms with Gasteiger partial charge in [0.1, 0.15) is 8.64 Å². The molecule has 2 amide bonds. The Labute approximate surface area is 934 Å². The first-order valence-corrected chi connectivity index (χ1v) is 69.1.